The Bertz CT molecular complexity index is 287. The molecule has 1 saturated carbocycles. The lowest BCUT2D eigenvalue weighted by molar-refractivity contribution is 0.469. The molecule has 1 fully saturated rings. The molecular weight excluding hydrogens is 324 g/mol. The van der Waals surface area contributed by atoms with E-state index >= 15 is 0 Å². The van der Waals surface area contributed by atoms with Crippen LogP contribution in [0.2, 0.25) is 0 Å². The van der Waals surface area contributed by atoms with E-state index in [2.05, 4.69) is 19.1 Å². The third-order valence-electron chi connectivity index (χ3n) is 6.53. The monoisotopic (exact) mass is 376 g/mol. The van der Waals surface area contributed by atoms with Gasteiger partial charge in [0.25, 0.3) is 0 Å². The van der Waals surface area contributed by atoms with E-state index in [4.69, 9.17) is 0 Å². The van der Waals surface area contributed by atoms with Gasteiger partial charge in [0.1, 0.15) is 0 Å². The first kappa shape index (κ1) is 24.8. The minimum atomic E-state index is 0.879. The molecular formula is C27H52. The summed E-state index contributed by atoms with van der Waals surface area (Å²) in [5.41, 5.74) is 0. The summed E-state index contributed by atoms with van der Waals surface area (Å²) in [5, 5.41) is 0. The summed E-state index contributed by atoms with van der Waals surface area (Å²) in [4.78, 5) is 0. The van der Waals surface area contributed by atoms with E-state index in [-0.39, 0.29) is 0 Å². The van der Waals surface area contributed by atoms with Crippen molar-refractivity contribution in [2.75, 3.05) is 0 Å². The molecule has 1 aliphatic rings. The fraction of sp³-hybridized carbons (Fsp3) is 0.926. The molecule has 0 aliphatic heterocycles. The van der Waals surface area contributed by atoms with Crippen LogP contribution >= 0.6 is 0 Å². The maximum Gasteiger partial charge on any atom is -0.0234 e. The van der Waals surface area contributed by atoms with Gasteiger partial charge in [0.15, 0.2) is 0 Å². The molecule has 0 amide bonds. The summed E-state index contributed by atoms with van der Waals surface area (Å²) in [5.74, 6) is 0.879. The summed E-state index contributed by atoms with van der Waals surface area (Å²) in [7, 11) is 0. The van der Waals surface area contributed by atoms with Crippen LogP contribution in [0.5, 0.6) is 0 Å². The van der Waals surface area contributed by atoms with Gasteiger partial charge in [0.05, 0.1) is 0 Å². The number of rotatable bonds is 10. The average molecular weight is 377 g/mol. The Kier molecular flexibility index (Phi) is 18.8. The van der Waals surface area contributed by atoms with E-state index in [1.807, 2.05) is 0 Å². The van der Waals surface area contributed by atoms with Crippen LogP contribution in [0.1, 0.15) is 155 Å². The van der Waals surface area contributed by atoms with Gasteiger partial charge < -0.3 is 0 Å². The van der Waals surface area contributed by atoms with Crippen molar-refractivity contribution in [3.63, 3.8) is 0 Å². The van der Waals surface area contributed by atoms with Crippen LogP contribution in [0.15, 0.2) is 12.2 Å². The van der Waals surface area contributed by atoms with Crippen LogP contribution in [0.25, 0.3) is 0 Å². The summed E-state index contributed by atoms with van der Waals surface area (Å²) in [6, 6.07) is 0. The third-order valence-corrected chi connectivity index (χ3v) is 6.53. The number of hydrogen-bond acceptors (Lipinski definition) is 0. The fourth-order valence-corrected chi connectivity index (χ4v) is 4.60. The molecule has 1 aliphatic carbocycles. The van der Waals surface area contributed by atoms with Crippen LogP contribution in [0.3, 0.4) is 0 Å². The van der Waals surface area contributed by atoms with Gasteiger partial charge in [-0.25, -0.2) is 0 Å². The highest BCUT2D eigenvalue weighted by Crippen LogP contribution is 2.22. The van der Waals surface area contributed by atoms with Gasteiger partial charge >= 0.3 is 0 Å². The quantitative estimate of drug-likeness (QED) is 0.263. The van der Waals surface area contributed by atoms with E-state index in [0.717, 1.165) is 5.92 Å². The fourth-order valence-electron chi connectivity index (χ4n) is 4.60. The van der Waals surface area contributed by atoms with Crippen LogP contribution in [0.4, 0.5) is 0 Å². The highest BCUT2D eigenvalue weighted by molar-refractivity contribution is 4.88. The van der Waals surface area contributed by atoms with Gasteiger partial charge in [-0.1, -0.05) is 141 Å². The lowest BCUT2D eigenvalue weighted by Crippen LogP contribution is -1.97. The number of unbranched alkanes of at least 4 members (excludes halogenated alkanes) is 8. The van der Waals surface area contributed by atoms with Crippen molar-refractivity contribution in [1.82, 2.24) is 0 Å². The Labute approximate surface area is 173 Å². The second-order valence-corrected chi connectivity index (χ2v) is 9.27. The Morgan fingerprint density at radius 2 is 0.926 bits per heavy atom. The topological polar surface area (TPSA) is 0 Å². The molecule has 0 heterocycles. The minimum absolute atomic E-state index is 0.879. The molecule has 0 unspecified atom stereocenters. The van der Waals surface area contributed by atoms with E-state index in [1.54, 1.807) is 0 Å². The molecule has 0 spiro atoms. The second-order valence-electron chi connectivity index (χ2n) is 9.27. The first-order valence-corrected chi connectivity index (χ1v) is 13.1. The Morgan fingerprint density at radius 1 is 0.519 bits per heavy atom. The SMILES string of the molecule is CCCCCCCCCCC=CC1CCCCCCCCCCCCCC1. The minimum Gasteiger partial charge on any atom is -0.0883 e. The van der Waals surface area contributed by atoms with Crippen LogP contribution in [-0.2, 0) is 0 Å². The first-order chi connectivity index (χ1) is 13.4. The van der Waals surface area contributed by atoms with Crippen LogP contribution in [-0.4, -0.2) is 0 Å². The van der Waals surface area contributed by atoms with E-state index < -0.39 is 0 Å². The average Bonchev–Trinajstić information content (AvgIpc) is 2.69. The van der Waals surface area contributed by atoms with Crippen molar-refractivity contribution in [3.8, 4) is 0 Å². The van der Waals surface area contributed by atoms with Gasteiger partial charge in [0, 0.05) is 0 Å². The van der Waals surface area contributed by atoms with Crippen molar-refractivity contribution < 1.29 is 0 Å². The standard InChI is InChI=1S/C27H52/c1-2-3-4-5-6-7-12-15-18-21-24-27-25-22-19-16-13-10-8-9-11-14-17-20-23-26-27/h21,24,27H,2-20,22-23,25-26H2,1H3. The molecule has 0 aromatic rings. The molecule has 0 atom stereocenters. The zero-order chi connectivity index (χ0) is 19.3. The van der Waals surface area contributed by atoms with Gasteiger partial charge in [-0.05, 0) is 31.6 Å². The van der Waals surface area contributed by atoms with E-state index in [9.17, 15) is 0 Å². The van der Waals surface area contributed by atoms with Crippen molar-refractivity contribution in [3.05, 3.63) is 12.2 Å². The van der Waals surface area contributed by atoms with E-state index in [0.29, 0.717) is 0 Å². The van der Waals surface area contributed by atoms with Gasteiger partial charge in [-0.2, -0.15) is 0 Å². The van der Waals surface area contributed by atoms with Crippen molar-refractivity contribution in [2.45, 2.75) is 155 Å². The molecule has 0 nitrogen and oxygen atoms in total. The largest absolute Gasteiger partial charge is 0.0883 e. The zero-order valence-corrected chi connectivity index (χ0v) is 19.0. The maximum atomic E-state index is 2.61. The van der Waals surface area contributed by atoms with Crippen LogP contribution in [0, 0.1) is 5.92 Å². The highest BCUT2D eigenvalue weighted by atomic mass is 14.1. The van der Waals surface area contributed by atoms with Crippen molar-refractivity contribution >= 4 is 0 Å². The Balaban J connectivity index is 2.12. The second kappa shape index (κ2) is 20.5. The van der Waals surface area contributed by atoms with E-state index in [1.165, 1.54) is 148 Å². The zero-order valence-electron chi connectivity index (χ0n) is 19.0. The molecule has 1 rings (SSSR count). The Hall–Kier alpha value is -0.260. The van der Waals surface area contributed by atoms with Gasteiger partial charge in [-0.15, -0.1) is 0 Å². The molecule has 0 bridgehead atoms. The highest BCUT2D eigenvalue weighted by Gasteiger charge is 2.05. The van der Waals surface area contributed by atoms with Crippen molar-refractivity contribution in [1.29, 1.82) is 0 Å². The molecule has 0 radical (unpaired) electrons. The molecule has 0 aromatic heterocycles. The van der Waals surface area contributed by atoms with Crippen molar-refractivity contribution in [2.24, 2.45) is 5.92 Å². The van der Waals surface area contributed by atoms with Gasteiger partial charge in [0.2, 0.25) is 0 Å². The number of allylic oxidation sites excluding steroid dienone is 2. The molecule has 0 heteroatoms. The van der Waals surface area contributed by atoms with Crippen LogP contribution < -0.4 is 0 Å². The predicted octanol–water partition coefficient (Wildman–Crippen LogP) is 10.2. The smallest absolute Gasteiger partial charge is 0.0234 e. The summed E-state index contributed by atoms with van der Waals surface area (Å²) in [6.45, 7) is 2.30. The van der Waals surface area contributed by atoms with Gasteiger partial charge in [-0.3, -0.25) is 0 Å². The molecule has 0 aromatic carbocycles. The maximum absolute atomic E-state index is 2.61. The molecule has 0 saturated heterocycles. The predicted molar refractivity (Wildman–Crippen MR) is 124 cm³/mol. The first-order valence-electron chi connectivity index (χ1n) is 13.1. The molecule has 27 heavy (non-hydrogen) atoms. The normalized spacial score (nSPS) is 19.7. The summed E-state index contributed by atoms with van der Waals surface area (Å²) in [6.07, 6.45) is 38.7. The lowest BCUT2D eigenvalue weighted by Gasteiger charge is -2.13. The molecule has 0 N–H and O–H groups in total. The lowest BCUT2D eigenvalue weighted by atomic mass is 9.93. The molecule has 160 valence electrons. The Morgan fingerprint density at radius 3 is 1.41 bits per heavy atom. The number of hydrogen-bond donors (Lipinski definition) is 0. The third kappa shape index (κ3) is 17.6. The summed E-state index contributed by atoms with van der Waals surface area (Å²) < 4.78 is 0. The summed E-state index contributed by atoms with van der Waals surface area (Å²) >= 11 is 0.